The van der Waals surface area contributed by atoms with Gasteiger partial charge in [-0.2, -0.15) is 13.2 Å². The third-order valence-corrected chi connectivity index (χ3v) is 4.41. The molecule has 0 radical (unpaired) electrons. The summed E-state index contributed by atoms with van der Waals surface area (Å²) in [5.41, 5.74) is 3.15. The molecule has 0 spiro atoms. The van der Waals surface area contributed by atoms with E-state index in [0.717, 1.165) is 42.6 Å². The lowest BCUT2D eigenvalue weighted by Gasteiger charge is -2.32. The highest BCUT2D eigenvalue weighted by molar-refractivity contribution is 5.73. The molecule has 1 aromatic carbocycles. The fourth-order valence-electron chi connectivity index (χ4n) is 3.06. The quantitative estimate of drug-likeness (QED) is 0.796. The molecule has 3 rings (SSSR count). The maximum absolute atomic E-state index is 11.4. The largest absolute Gasteiger partial charge is 0.490 e. The van der Waals surface area contributed by atoms with Gasteiger partial charge in [0.1, 0.15) is 6.04 Å². The second-order valence-corrected chi connectivity index (χ2v) is 6.54. The average molecular weight is 410 g/mol. The van der Waals surface area contributed by atoms with Gasteiger partial charge in [0.25, 0.3) is 0 Å². The molecule has 9 heteroatoms. The molecule has 1 atom stereocenters. The molecule has 0 saturated carbocycles. The van der Waals surface area contributed by atoms with E-state index >= 15 is 0 Å². The molecular weight excluding hydrogens is 389 g/mol. The molecular formula is C20H21F3N2O4. The fraction of sp³-hybridized carbons (Fsp3) is 0.350. The minimum Gasteiger partial charge on any atom is -0.480 e. The summed E-state index contributed by atoms with van der Waals surface area (Å²) < 4.78 is 31.7. The maximum atomic E-state index is 11.4. The number of carboxylic acids is 2. The summed E-state index contributed by atoms with van der Waals surface area (Å²) in [7, 11) is 0. The molecule has 1 aliphatic rings. The van der Waals surface area contributed by atoms with E-state index in [-0.39, 0.29) is 6.04 Å². The van der Waals surface area contributed by atoms with E-state index in [9.17, 15) is 23.1 Å². The van der Waals surface area contributed by atoms with Gasteiger partial charge in [0.2, 0.25) is 0 Å². The Balaban J connectivity index is 0.000000370. The van der Waals surface area contributed by atoms with Crippen LogP contribution in [0, 0.1) is 0 Å². The highest BCUT2D eigenvalue weighted by Crippen LogP contribution is 2.23. The Morgan fingerprint density at radius 3 is 2.41 bits per heavy atom. The number of likely N-dealkylation sites (tertiary alicyclic amines) is 1. The fourth-order valence-corrected chi connectivity index (χ4v) is 3.06. The molecule has 1 aliphatic heterocycles. The highest BCUT2D eigenvalue weighted by atomic mass is 19.4. The van der Waals surface area contributed by atoms with E-state index in [4.69, 9.17) is 9.90 Å². The molecule has 29 heavy (non-hydrogen) atoms. The van der Waals surface area contributed by atoms with Crippen LogP contribution in [0.5, 0.6) is 0 Å². The van der Waals surface area contributed by atoms with Crippen molar-refractivity contribution in [3.05, 3.63) is 54.2 Å². The van der Waals surface area contributed by atoms with Gasteiger partial charge in [0.15, 0.2) is 0 Å². The number of pyridine rings is 1. The number of carboxylic acid groups (broad SMARTS) is 2. The summed E-state index contributed by atoms with van der Waals surface area (Å²) in [4.78, 5) is 26.7. The number of aromatic nitrogens is 1. The summed E-state index contributed by atoms with van der Waals surface area (Å²) in [6.07, 6.45) is -0.479. The van der Waals surface area contributed by atoms with Crippen LogP contribution in [-0.2, 0) is 16.1 Å². The number of hydrogen-bond donors (Lipinski definition) is 2. The summed E-state index contributed by atoms with van der Waals surface area (Å²) in [6.45, 7) is 1.53. The van der Waals surface area contributed by atoms with Gasteiger partial charge in [-0.15, -0.1) is 0 Å². The number of benzene rings is 1. The van der Waals surface area contributed by atoms with Gasteiger partial charge in [0.05, 0.1) is 5.69 Å². The first kappa shape index (κ1) is 22.4. The Bertz CT molecular complexity index is 828. The van der Waals surface area contributed by atoms with Crippen LogP contribution >= 0.6 is 0 Å². The molecule has 6 nitrogen and oxygen atoms in total. The first-order valence-corrected chi connectivity index (χ1v) is 8.96. The number of alkyl halides is 3. The first-order chi connectivity index (χ1) is 13.7. The predicted octanol–water partition coefficient (Wildman–Crippen LogP) is 3.82. The summed E-state index contributed by atoms with van der Waals surface area (Å²) >= 11 is 0. The van der Waals surface area contributed by atoms with Crippen molar-refractivity contribution < 1.29 is 33.0 Å². The molecule has 0 aliphatic carbocycles. The summed E-state index contributed by atoms with van der Waals surface area (Å²) in [6, 6.07) is 13.7. The number of halogens is 3. The van der Waals surface area contributed by atoms with Crippen molar-refractivity contribution in [1.82, 2.24) is 9.88 Å². The number of carbonyl (C=O) groups is 2. The Labute approximate surface area is 165 Å². The Kier molecular flexibility index (Phi) is 7.72. The van der Waals surface area contributed by atoms with Crippen LogP contribution in [0.3, 0.4) is 0 Å². The number of rotatable bonds is 4. The van der Waals surface area contributed by atoms with Crippen molar-refractivity contribution in [2.24, 2.45) is 0 Å². The Morgan fingerprint density at radius 2 is 1.83 bits per heavy atom. The molecule has 1 saturated heterocycles. The van der Waals surface area contributed by atoms with Crippen LogP contribution in [0.25, 0.3) is 11.3 Å². The van der Waals surface area contributed by atoms with Crippen molar-refractivity contribution in [1.29, 1.82) is 0 Å². The minimum atomic E-state index is -5.08. The lowest BCUT2D eigenvalue weighted by atomic mass is 10.0. The second-order valence-electron chi connectivity index (χ2n) is 6.54. The number of aliphatic carboxylic acids is 2. The van der Waals surface area contributed by atoms with Crippen LogP contribution in [0.2, 0.25) is 0 Å². The molecule has 1 fully saturated rings. The molecule has 2 N–H and O–H groups in total. The lowest BCUT2D eigenvalue weighted by molar-refractivity contribution is -0.192. The van der Waals surface area contributed by atoms with E-state index in [0.29, 0.717) is 6.54 Å². The van der Waals surface area contributed by atoms with Crippen LogP contribution in [0.4, 0.5) is 13.2 Å². The van der Waals surface area contributed by atoms with Gasteiger partial charge >= 0.3 is 18.1 Å². The zero-order valence-corrected chi connectivity index (χ0v) is 15.5. The van der Waals surface area contributed by atoms with E-state index in [1.807, 2.05) is 30.3 Å². The standard InChI is InChI=1S/C18H20N2O2.C2HF3O2/c21-18(22)17-9-2-4-11-20(17)13-14-6-5-7-15(12-14)16-8-1-3-10-19-16;3-2(4,5)1(6)7/h1,3,5-8,10,12,17H,2,4,9,11,13H2,(H,21,22);(H,6,7). The van der Waals surface area contributed by atoms with Crippen molar-refractivity contribution in [2.75, 3.05) is 6.54 Å². The van der Waals surface area contributed by atoms with Crippen LogP contribution in [-0.4, -0.2) is 50.8 Å². The van der Waals surface area contributed by atoms with Crippen LogP contribution < -0.4 is 0 Å². The van der Waals surface area contributed by atoms with Gasteiger partial charge < -0.3 is 10.2 Å². The van der Waals surface area contributed by atoms with Crippen molar-refractivity contribution >= 4 is 11.9 Å². The van der Waals surface area contributed by atoms with Crippen LogP contribution in [0.15, 0.2) is 48.7 Å². The van der Waals surface area contributed by atoms with Gasteiger partial charge in [-0.3, -0.25) is 14.7 Å². The van der Waals surface area contributed by atoms with E-state index in [2.05, 4.69) is 22.0 Å². The number of piperidine rings is 1. The number of hydrogen-bond acceptors (Lipinski definition) is 4. The smallest absolute Gasteiger partial charge is 0.480 e. The predicted molar refractivity (Wildman–Crippen MR) is 99.0 cm³/mol. The summed E-state index contributed by atoms with van der Waals surface area (Å²) in [5, 5.41) is 16.5. The zero-order valence-electron chi connectivity index (χ0n) is 15.5. The molecule has 0 amide bonds. The zero-order chi connectivity index (χ0) is 21.4. The molecule has 1 aromatic heterocycles. The minimum absolute atomic E-state index is 0.354. The number of nitrogens with zero attached hydrogens (tertiary/aromatic N) is 2. The van der Waals surface area contributed by atoms with E-state index in [1.165, 1.54) is 0 Å². The van der Waals surface area contributed by atoms with Gasteiger partial charge in [-0.1, -0.05) is 30.7 Å². The average Bonchev–Trinajstić information content (AvgIpc) is 2.69. The van der Waals surface area contributed by atoms with Crippen LogP contribution in [0.1, 0.15) is 24.8 Å². The Morgan fingerprint density at radius 1 is 1.10 bits per heavy atom. The monoisotopic (exact) mass is 410 g/mol. The normalized spacial score (nSPS) is 17.1. The highest BCUT2D eigenvalue weighted by Gasteiger charge is 2.38. The van der Waals surface area contributed by atoms with Crippen molar-refractivity contribution in [3.8, 4) is 11.3 Å². The molecule has 1 unspecified atom stereocenters. The maximum Gasteiger partial charge on any atom is 0.490 e. The van der Waals surface area contributed by atoms with E-state index in [1.54, 1.807) is 6.20 Å². The van der Waals surface area contributed by atoms with Gasteiger partial charge in [-0.25, -0.2) is 4.79 Å². The molecule has 156 valence electrons. The molecule has 2 aromatic rings. The summed E-state index contributed by atoms with van der Waals surface area (Å²) in [5.74, 6) is -3.46. The first-order valence-electron chi connectivity index (χ1n) is 8.96. The van der Waals surface area contributed by atoms with Crippen molar-refractivity contribution in [2.45, 2.75) is 38.0 Å². The third kappa shape index (κ3) is 6.86. The van der Waals surface area contributed by atoms with Gasteiger partial charge in [0, 0.05) is 18.3 Å². The topological polar surface area (TPSA) is 90.7 Å². The van der Waals surface area contributed by atoms with E-state index < -0.39 is 18.1 Å². The lowest BCUT2D eigenvalue weighted by Crippen LogP contribution is -2.43. The second kappa shape index (κ2) is 10.0. The SMILES string of the molecule is O=C(O)C(F)(F)F.O=C(O)C1CCCCN1Cc1cccc(-c2ccccn2)c1. The third-order valence-electron chi connectivity index (χ3n) is 4.41. The molecule has 2 heterocycles. The van der Waals surface area contributed by atoms with Crippen molar-refractivity contribution in [3.63, 3.8) is 0 Å². The molecule has 0 bridgehead atoms. The Hall–Kier alpha value is -2.94. The van der Waals surface area contributed by atoms with Gasteiger partial charge in [-0.05, 0) is 43.1 Å².